The molecule has 2 fully saturated rings. The maximum Gasteiger partial charge on any atom is 0.283 e. The molecule has 0 spiro atoms. The van der Waals surface area contributed by atoms with Gasteiger partial charge in [0, 0.05) is 44.0 Å². The smallest absolute Gasteiger partial charge is 0.283 e. The molecule has 0 atom stereocenters. The standard InChI is InChI=1S/C17H26F2N4O/c18-15(19)14-16(21-7-6-20-14)22-12-17(4-2-1-3-5-17)13-23-8-10-24-11-9-23/h6-7,15H,1-5,8-13H2,(H,21,22). The predicted octanol–water partition coefficient (Wildman–Crippen LogP) is 3.11. The van der Waals surface area contributed by atoms with Crippen molar-refractivity contribution < 1.29 is 13.5 Å². The monoisotopic (exact) mass is 340 g/mol. The van der Waals surface area contributed by atoms with Crippen LogP contribution in [0, 0.1) is 5.41 Å². The van der Waals surface area contributed by atoms with Crippen LogP contribution in [0.5, 0.6) is 0 Å². The van der Waals surface area contributed by atoms with Gasteiger partial charge in [0.1, 0.15) is 5.69 Å². The predicted molar refractivity (Wildman–Crippen MR) is 88.3 cm³/mol. The van der Waals surface area contributed by atoms with Gasteiger partial charge >= 0.3 is 0 Å². The highest BCUT2D eigenvalue weighted by atomic mass is 19.3. The van der Waals surface area contributed by atoms with Crippen molar-refractivity contribution in [1.82, 2.24) is 14.9 Å². The molecule has 1 saturated heterocycles. The second kappa shape index (κ2) is 8.16. The van der Waals surface area contributed by atoms with Crippen LogP contribution in [0.2, 0.25) is 0 Å². The van der Waals surface area contributed by atoms with Crippen molar-refractivity contribution in [2.24, 2.45) is 5.41 Å². The van der Waals surface area contributed by atoms with Gasteiger partial charge in [0.05, 0.1) is 13.2 Å². The maximum absolute atomic E-state index is 13.1. The molecule has 1 aliphatic carbocycles. The largest absolute Gasteiger partial charge is 0.379 e. The number of anilines is 1. The molecule has 1 saturated carbocycles. The van der Waals surface area contributed by atoms with Gasteiger partial charge < -0.3 is 10.1 Å². The average molecular weight is 340 g/mol. The zero-order valence-corrected chi connectivity index (χ0v) is 14.0. The Balaban J connectivity index is 1.68. The lowest BCUT2D eigenvalue weighted by Gasteiger charge is -2.42. The molecule has 0 bridgehead atoms. The van der Waals surface area contributed by atoms with Crippen LogP contribution in [0.4, 0.5) is 14.6 Å². The van der Waals surface area contributed by atoms with Crippen molar-refractivity contribution in [3.8, 4) is 0 Å². The molecule has 0 radical (unpaired) electrons. The first-order valence-electron chi connectivity index (χ1n) is 8.82. The fourth-order valence-electron chi connectivity index (χ4n) is 3.84. The van der Waals surface area contributed by atoms with Gasteiger partial charge in [-0.3, -0.25) is 4.90 Å². The van der Waals surface area contributed by atoms with E-state index in [0.29, 0.717) is 6.54 Å². The van der Waals surface area contributed by atoms with E-state index in [1.807, 2.05) is 0 Å². The molecule has 134 valence electrons. The Kier molecular flexibility index (Phi) is 5.94. The van der Waals surface area contributed by atoms with Crippen molar-refractivity contribution >= 4 is 5.82 Å². The fourth-order valence-corrected chi connectivity index (χ4v) is 3.84. The lowest BCUT2D eigenvalue weighted by molar-refractivity contribution is 0.0102. The number of morpholine rings is 1. The summed E-state index contributed by atoms with van der Waals surface area (Å²) in [7, 11) is 0. The molecular weight excluding hydrogens is 314 g/mol. The number of alkyl halides is 2. The van der Waals surface area contributed by atoms with Crippen LogP contribution in [-0.2, 0) is 4.74 Å². The maximum atomic E-state index is 13.1. The Morgan fingerprint density at radius 1 is 1.12 bits per heavy atom. The van der Waals surface area contributed by atoms with E-state index >= 15 is 0 Å². The van der Waals surface area contributed by atoms with Crippen LogP contribution in [0.25, 0.3) is 0 Å². The molecule has 0 unspecified atom stereocenters. The summed E-state index contributed by atoms with van der Waals surface area (Å²) in [6.45, 7) is 5.13. The summed E-state index contributed by atoms with van der Waals surface area (Å²) >= 11 is 0. The third kappa shape index (κ3) is 4.39. The number of nitrogens with zero attached hydrogens (tertiary/aromatic N) is 3. The lowest BCUT2D eigenvalue weighted by Crippen LogP contribution is -2.47. The van der Waals surface area contributed by atoms with Crippen LogP contribution in [0.1, 0.15) is 44.2 Å². The van der Waals surface area contributed by atoms with Gasteiger partial charge in [-0.2, -0.15) is 0 Å². The summed E-state index contributed by atoms with van der Waals surface area (Å²) in [6, 6.07) is 0. The first-order valence-corrected chi connectivity index (χ1v) is 8.82. The van der Waals surface area contributed by atoms with Gasteiger partial charge in [0.25, 0.3) is 6.43 Å². The van der Waals surface area contributed by atoms with Crippen molar-refractivity contribution in [2.75, 3.05) is 44.7 Å². The van der Waals surface area contributed by atoms with E-state index in [0.717, 1.165) is 45.7 Å². The van der Waals surface area contributed by atoms with Crippen molar-refractivity contribution in [3.63, 3.8) is 0 Å². The third-order valence-electron chi connectivity index (χ3n) is 5.14. The van der Waals surface area contributed by atoms with E-state index in [2.05, 4.69) is 20.2 Å². The van der Waals surface area contributed by atoms with Crippen LogP contribution in [0.3, 0.4) is 0 Å². The minimum atomic E-state index is -2.61. The Hall–Kier alpha value is -1.34. The number of ether oxygens (including phenoxy) is 1. The first-order chi connectivity index (χ1) is 11.7. The molecule has 24 heavy (non-hydrogen) atoms. The lowest BCUT2D eigenvalue weighted by atomic mass is 9.73. The van der Waals surface area contributed by atoms with E-state index in [1.165, 1.54) is 31.7 Å². The van der Waals surface area contributed by atoms with Gasteiger partial charge in [0.15, 0.2) is 5.82 Å². The average Bonchev–Trinajstić information content (AvgIpc) is 2.62. The summed E-state index contributed by atoms with van der Waals surface area (Å²) in [6.07, 6.45) is 6.09. The highest BCUT2D eigenvalue weighted by Crippen LogP contribution is 2.38. The number of hydrogen-bond donors (Lipinski definition) is 1. The summed E-state index contributed by atoms with van der Waals surface area (Å²) < 4.78 is 31.6. The molecule has 2 aliphatic rings. The minimum absolute atomic E-state index is 0.118. The zero-order valence-electron chi connectivity index (χ0n) is 14.0. The number of hydrogen-bond acceptors (Lipinski definition) is 5. The molecular formula is C17H26F2N4O. The van der Waals surface area contributed by atoms with Gasteiger partial charge in [-0.1, -0.05) is 19.3 Å². The quantitative estimate of drug-likeness (QED) is 0.862. The van der Waals surface area contributed by atoms with Gasteiger partial charge in [-0.05, 0) is 12.8 Å². The topological polar surface area (TPSA) is 50.3 Å². The van der Waals surface area contributed by atoms with Crippen molar-refractivity contribution in [2.45, 2.75) is 38.5 Å². The summed E-state index contributed by atoms with van der Waals surface area (Å²) in [4.78, 5) is 10.3. The van der Waals surface area contributed by atoms with E-state index in [1.54, 1.807) is 0 Å². The summed E-state index contributed by atoms with van der Waals surface area (Å²) in [5.74, 6) is 0.222. The SMILES string of the molecule is FC(F)c1nccnc1NCC1(CN2CCOCC2)CCCCC1. The van der Waals surface area contributed by atoms with Crippen LogP contribution in [0.15, 0.2) is 12.4 Å². The summed E-state index contributed by atoms with van der Waals surface area (Å²) in [5, 5.41) is 3.18. The molecule has 0 aromatic carbocycles. The molecule has 1 N–H and O–H groups in total. The summed E-state index contributed by atoms with van der Waals surface area (Å²) in [5.41, 5.74) is -0.137. The molecule has 0 amide bonds. The Labute approximate surface area is 141 Å². The van der Waals surface area contributed by atoms with E-state index in [4.69, 9.17) is 4.74 Å². The van der Waals surface area contributed by atoms with Crippen LogP contribution >= 0.6 is 0 Å². The Morgan fingerprint density at radius 2 is 1.83 bits per heavy atom. The number of rotatable bonds is 6. The van der Waals surface area contributed by atoms with Crippen molar-refractivity contribution in [3.05, 3.63) is 18.1 Å². The van der Waals surface area contributed by atoms with Crippen LogP contribution in [-0.4, -0.2) is 54.3 Å². The van der Waals surface area contributed by atoms with Crippen LogP contribution < -0.4 is 5.32 Å². The Bertz CT molecular complexity index is 517. The highest BCUT2D eigenvalue weighted by Gasteiger charge is 2.34. The molecule has 1 aromatic rings. The molecule has 3 rings (SSSR count). The first kappa shape index (κ1) is 17.5. The number of halogens is 2. The molecule has 5 nitrogen and oxygen atoms in total. The minimum Gasteiger partial charge on any atom is -0.379 e. The second-order valence-electron chi connectivity index (χ2n) is 6.89. The normalized spacial score (nSPS) is 21.8. The second-order valence-corrected chi connectivity index (χ2v) is 6.89. The zero-order chi connectivity index (χ0) is 16.8. The van der Waals surface area contributed by atoms with E-state index < -0.39 is 6.43 Å². The molecule has 7 heteroatoms. The third-order valence-corrected chi connectivity index (χ3v) is 5.14. The van der Waals surface area contributed by atoms with E-state index in [-0.39, 0.29) is 16.9 Å². The molecule has 1 aromatic heterocycles. The van der Waals surface area contributed by atoms with Gasteiger partial charge in [-0.15, -0.1) is 0 Å². The number of nitrogens with one attached hydrogen (secondary N) is 1. The Morgan fingerprint density at radius 3 is 2.54 bits per heavy atom. The van der Waals surface area contributed by atoms with Gasteiger partial charge in [-0.25, -0.2) is 18.7 Å². The molecule has 1 aliphatic heterocycles. The van der Waals surface area contributed by atoms with Gasteiger partial charge in [0.2, 0.25) is 0 Å². The highest BCUT2D eigenvalue weighted by molar-refractivity contribution is 5.40. The van der Waals surface area contributed by atoms with E-state index in [9.17, 15) is 8.78 Å². The van der Waals surface area contributed by atoms with Crippen molar-refractivity contribution in [1.29, 1.82) is 0 Å². The number of aromatic nitrogens is 2. The fraction of sp³-hybridized carbons (Fsp3) is 0.765. The molecule has 2 heterocycles.